The van der Waals surface area contributed by atoms with Crippen LogP contribution in [0.5, 0.6) is 5.75 Å². The number of likely N-dealkylation sites (tertiary alicyclic amines) is 1. The average Bonchev–Trinajstić information content (AvgIpc) is 2.32. The lowest BCUT2D eigenvalue weighted by Gasteiger charge is -2.30. The Kier molecular flexibility index (Phi) is 4.26. The molecule has 2 rings (SSSR count). The van der Waals surface area contributed by atoms with Crippen molar-refractivity contribution in [1.29, 1.82) is 0 Å². The van der Waals surface area contributed by atoms with Crippen molar-refractivity contribution in [2.75, 3.05) is 20.1 Å². The minimum atomic E-state index is 0.287. The van der Waals surface area contributed by atoms with E-state index in [9.17, 15) is 0 Å². The van der Waals surface area contributed by atoms with Gasteiger partial charge >= 0.3 is 0 Å². The Morgan fingerprint density at radius 2 is 2.12 bits per heavy atom. The van der Waals surface area contributed by atoms with E-state index < -0.39 is 0 Å². The minimum Gasteiger partial charge on any atom is -0.490 e. The molecule has 0 atom stereocenters. The smallest absolute Gasteiger partial charge is 0.125 e. The summed E-state index contributed by atoms with van der Waals surface area (Å²) < 4.78 is 6.02. The van der Waals surface area contributed by atoms with Crippen LogP contribution < -0.4 is 10.5 Å². The van der Waals surface area contributed by atoms with Crippen LogP contribution >= 0.6 is 11.6 Å². The lowest BCUT2D eigenvalue weighted by molar-refractivity contribution is 0.113. The minimum absolute atomic E-state index is 0.287. The largest absolute Gasteiger partial charge is 0.490 e. The van der Waals surface area contributed by atoms with Crippen molar-refractivity contribution in [3.8, 4) is 5.75 Å². The zero-order valence-corrected chi connectivity index (χ0v) is 10.9. The highest BCUT2D eigenvalue weighted by Gasteiger charge is 2.19. The van der Waals surface area contributed by atoms with E-state index in [0.29, 0.717) is 11.6 Å². The van der Waals surface area contributed by atoms with Gasteiger partial charge in [-0.25, -0.2) is 0 Å². The van der Waals surface area contributed by atoms with Crippen LogP contribution in [0.15, 0.2) is 18.2 Å². The third-order valence-corrected chi connectivity index (χ3v) is 3.59. The second kappa shape index (κ2) is 5.71. The molecule has 3 nitrogen and oxygen atoms in total. The number of nitrogens with two attached hydrogens (primary N) is 1. The molecule has 1 aromatic carbocycles. The van der Waals surface area contributed by atoms with Gasteiger partial charge < -0.3 is 15.4 Å². The Morgan fingerprint density at radius 1 is 1.41 bits per heavy atom. The Morgan fingerprint density at radius 3 is 2.76 bits per heavy atom. The summed E-state index contributed by atoms with van der Waals surface area (Å²) in [5, 5.41) is 0.693. The highest BCUT2D eigenvalue weighted by Crippen LogP contribution is 2.28. The molecule has 1 heterocycles. The first kappa shape index (κ1) is 12.7. The van der Waals surface area contributed by atoms with Gasteiger partial charge in [0, 0.05) is 30.2 Å². The summed E-state index contributed by atoms with van der Waals surface area (Å²) in [6.45, 7) is 2.59. The number of rotatable bonds is 3. The van der Waals surface area contributed by atoms with Gasteiger partial charge in [-0.2, -0.15) is 0 Å². The van der Waals surface area contributed by atoms with Crippen molar-refractivity contribution in [2.24, 2.45) is 5.73 Å². The van der Waals surface area contributed by atoms with E-state index in [1.54, 1.807) is 0 Å². The van der Waals surface area contributed by atoms with Crippen LogP contribution in [-0.2, 0) is 6.54 Å². The molecule has 0 aliphatic carbocycles. The second-order valence-electron chi connectivity index (χ2n) is 4.54. The molecule has 1 saturated heterocycles. The highest BCUT2D eigenvalue weighted by molar-refractivity contribution is 6.31. The summed E-state index contributed by atoms with van der Waals surface area (Å²) >= 11 is 6.10. The maximum atomic E-state index is 6.10. The van der Waals surface area contributed by atoms with Gasteiger partial charge in [0.15, 0.2) is 0 Å². The van der Waals surface area contributed by atoms with E-state index in [2.05, 4.69) is 11.9 Å². The molecule has 0 aromatic heterocycles. The fraction of sp³-hybridized carbons (Fsp3) is 0.538. The maximum Gasteiger partial charge on any atom is 0.125 e. The molecule has 1 aromatic rings. The molecule has 0 spiro atoms. The molecule has 0 amide bonds. The van der Waals surface area contributed by atoms with Gasteiger partial charge in [0.05, 0.1) is 0 Å². The number of nitrogens with zero attached hydrogens (tertiary/aromatic N) is 1. The SMILES string of the molecule is CN1CCC(Oc2cccc(Cl)c2CN)CC1. The quantitative estimate of drug-likeness (QED) is 0.899. The molecule has 17 heavy (non-hydrogen) atoms. The molecule has 0 radical (unpaired) electrons. The van der Waals surface area contributed by atoms with E-state index in [1.165, 1.54) is 0 Å². The predicted octanol–water partition coefficient (Wildman–Crippen LogP) is 2.27. The third kappa shape index (κ3) is 3.12. The molecule has 1 fully saturated rings. The summed E-state index contributed by atoms with van der Waals surface area (Å²) in [7, 11) is 2.14. The number of piperidine rings is 1. The van der Waals surface area contributed by atoms with Crippen molar-refractivity contribution in [3.63, 3.8) is 0 Å². The van der Waals surface area contributed by atoms with Crippen molar-refractivity contribution >= 4 is 11.6 Å². The molecule has 2 N–H and O–H groups in total. The van der Waals surface area contributed by atoms with Gasteiger partial charge in [-0.15, -0.1) is 0 Å². The van der Waals surface area contributed by atoms with Gasteiger partial charge in [-0.05, 0) is 32.0 Å². The monoisotopic (exact) mass is 254 g/mol. The lowest BCUT2D eigenvalue weighted by Crippen LogP contribution is -2.35. The topological polar surface area (TPSA) is 38.5 Å². The van der Waals surface area contributed by atoms with E-state index in [4.69, 9.17) is 22.1 Å². The van der Waals surface area contributed by atoms with E-state index >= 15 is 0 Å². The van der Waals surface area contributed by atoms with Crippen molar-refractivity contribution < 1.29 is 4.74 Å². The Balaban J connectivity index is 2.05. The van der Waals surface area contributed by atoms with E-state index in [1.807, 2.05) is 18.2 Å². The van der Waals surface area contributed by atoms with Gasteiger partial charge in [0.2, 0.25) is 0 Å². The lowest BCUT2D eigenvalue weighted by atomic mass is 10.1. The van der Waals surface area contributed by atoms with Gasteiger partial charge in [-0.1, -0.05) is 17.7 Å². The van der Waals surface area contributed by atoms with E-state index in [0.717, 1.165) is 37.2 Å². The second-order valence-corrected chi connectivity index (χ2v) is 4.95. The Labute approximate surface area is 107 Å². The first-order valence-corrected chi connectivity index (χ1v) is 6.41. The van der Waals surface area contributed by atoms with E-state index in [-0.39, 0.29) is 6.10 Å². The summed E-state index contributed by atoms with van der Waals surface area (Å²) in [6.07, 6.45) is 2.41. The number of hydrogen-bond acceptors (Lipinski definition) is 3. The first-order chi connectivity index (χ1) is 8.20. The van der Waals surface area contributed by atoms with Crippen molar-refractivity contribution in [1.82, 2.24) is 4.90 Å². The molecular formula is C13H19ClN2O. The zero-order valence-electron chi connectivity index (χ0n) is 10.2. The summed E-state index contributed by atoms with van der Waals surface area (Å²) in [6, 6.07) is 5.71. The first-order valence-electron chi connectivity index (χ1n) is 6.03. The average molecular weight is 255 g/mol. The number of hydrogen-bond donors (Lipinski definition) is 1. The van der Waals surface area contributed by atoms with Crippen molar-refractivity contribution in [2.45, 2.75) is 25.5 Å². The maximum absolute atomic E-state index is 6.10. The summed E-state index contributed by atoms with van der Waals surface area (Å²) in [5.74, 6) is 0.842. The van der Waals surface area contributed by atoms with Crippen LogP contribution in [0.1, 0.15) is 18.4 Å². The summed E-state index contributed by atoms with van der Waals surface area (Å²) in [5.41, 5.74) is 6.62. The van der Waals surface area contributed by atoms with Crippen LogP contribution in [0.2, 0.25) is 5.02 Å². The molecule has 1 aliphatic heterocycles. The standard InChI is InChI=1S/C13H19ClN2O/c1-16-7-5-10(6-8-16)17-13-4-2-3-12(14)11(13)9-15/h2-4,10H,5-9,15H2,1H3. The number of ether oxygens (including phenoxy) is 1. The van der Waals surface area contributed by atoms with Crippen LogP contribution in [0, 0.1) is 0 Å². The highest BCUT2D eigenvalue weighted by atomic mass is 35.5. The zero-order chi connectivity index (χ0) is 12.3. The Hall–Kier alpha value is -0.770. The molecule has 4 heteroatoms. The fourth-order valence-corrected chi connectivity index (χ4v) is 2.37. The van der Waals surface area contributed by atoms with Crippen LogP contribution in [-0.4, -0.2) is 31.1 Å². The number of benzene rings is 1. The molecular weight excluding hydrogens is 236 g/mol. The molecule has 0 bridgehead atoms. The predicted molar refractivity (Wildman–Crippen MR) is 70.5 cm³/mol. The normalized spacial score (nSPS) is 18.3. The molecule has 0 unspecified atom stereocenters. The molecule has 0 saturated carbocycles. The van der Waals surface area contributed by atoms with Gasteiger partial charge in [0.25, 0.3) is 0 Å². The van der Waals surface area contributed by atoms with Gasteiger partial charge in [0.1, 0.15) is 11.9 Å². The van der Waals surface area contributed by atoms with Crippen molar-refractivity contribution in [3.05, 3.63) is 28.8 Å². The summed E-state index contributed by atoms with van der Waals surface area (Å²) in [4.78, 5) is 2.32. The fourth-order valence-electron chi connectivity index (χ4n) is 2.13. The third-order valence-electron chi connectivity index (χ3n) is 3.24. The molecule has 1 aliphatic rings. The number of halogens is 1. The molecule has 94 valence electrons. The van der Waals surface area contributed by atoms with Crippen LogP contribution in [0.25, 0.3) is 0 Å². The Bertz CT molecular complexity index is 376. The van der Waals surface area contributed by atoms with Crippen LogP contribution in [0.3, 0.4) is 0 Å². The van der Waals surface area contributed by atoms with Gasteiger partial charge in [-0.3, -0.25) is 0 Å². The van der Waals surface area contributed by atoms with Crippen LogP contribution in [0.4, 0.5) is 0 Å².